The smallest absolute Gasteiger partial charge is 0.311 e. The molecular weight excluding hydrogens is 344 g/mol. The Balaban J connectivity index is 0. The van der Waals surface area contributed by atoms with Gasteiger partial charge in [-0.05, 0) is 32.1 Å². The number of hydrogen-bond donors (Lipinski definition) is 1. The number of ether oxygens (including phenoxy) is 2. The molecule has 0 heterocycles. The van der Waals surface area contributed by atoms with Gasteiger partial charge in [-0.25, -0.2) is 0 Å². The van der Waals surface area contributed by atoms with Crippen molar-refractivity contribution in [2.75, 3.05) is 14.2 Å². The zero-order chi connectivity index (χ0) is 17.4. The van der Waals surface area contributed by atoms with E-state index in [0.29, 0.717) is 0 Å². The van der Waals surface area contributed by atoms with Crippen LogP contribution in [0.4, 0.5) is 0 Å². The molecule has 1 N–H and O–H groups in total. The molecule has 7 heteroatoms. The number of carbonyl (C=O) groups excluding carboxylic acids is 3. The van der Waals surface area contributed by atoms with E-state index in [0.717, 1.165) is 38.5 Å². The molecule has 25 heavy (non-hydrogen) atoms. The Bertz CT molecular complexity index is 426. The van der Waals surface area contributed by atoms with E-state index in [9.17, 15) is 19.5 Å². The van der Waals surface area contributed by atoms with Crippen LogP contribution in [0.25, 0.3) is 0 Å². The van der Waals surface area contributed by atoms with Crippen molar-refractivity contribution in [1.29, 1.82) is 0 Å². The van der Waals surface area contributed by atoms with E-state index in [1.165, 1.54) is 32.9 Å². The highest BCUT2D eigenvalue weighted by atomic mass is 32.2. The SMILES string of the molecule is C.C.COC(=O)[C@H]1CCC[C@@H]1O.COC(=O)[C@H]1CCC[C@H]1SC(C)=O. The molecule has 0 aliphatic heterocycles. The Morgan fingerprint density at radius 2 is 1.36 bits per heavy atom. The maximum Gasteiger partial charge on any atom is 0.311 e. The van der Waals surface area contributed by atoms with Gasteiger partial charge in [0.05, 0.1) is 32.2 Å². The lowest BCUT2D eigenvalue weighted by Crippen LogP contribution is -2.23. The summed E-state index contributed by atoms with van der Waals surface area (Å²) >= 11 is 1.27. The van der Waals surface area contributed by atoms with Gasteiger partial charge in [0, 0.05) is 12.2 Å². The van der Waals surface area contributed by atoms with Gasteiger partial charge in [-0.1, -0.05) is 33.0 Å². The molecule has 0 unspecified atom stereocenters. The molecule has 4 atom stereocenters. The molecule has 0 aromatic rings. The van der Waals surface area contributed by atoms with E-state index in [4.69, 9.17) is 0 Å². The second-order valence-electron chi connectivity index (χ2n) is 5.84. The largest absolute Gasteiger partial charge is 0.469 e. The minimum absolute atomic E-state index is 0. The summed E-state index contributed by atoms with van der Waals surface area (Å²) in [5.41, 5.74) is 0. The molecule has 0 amide bonds. The van der Waals surface area contributed by atoms with E-state index in [2.05, 4.69) is 9.47 Å². The van der Waals surface area contributed by atoms with Crippen LogP contribution in [0, 0.1) is 11.8 Å². The van der Waals surface area contributed by atoms with Crippen molar-refractivity contribution in [2.45, 2.75) is 71.7 Å². The highest BCUT2D eigenvalue weighted by Crippen LogP contribution is 2.35. The van der Waals surface area contributed by atoms with Crippen LogP contribution in [0.1, 0.15) is 60.3 Å². The van der Waals surface area contributed by atoms with Crippen LogP contribution in [0.15, 0.2) is 0 Å². The predicted octanol–water partition coefficient (Wildman–Crippen LogP) is 3.20. The third-order valence-corrected chi connectivity index (χ3v) is 5.46. The second kappa shape index (κ2) is 13.2. The highest BCUT2D eigenvalue weighted by Gasteiger charge is 2.35. The molecule has 2 aliphatic rings. The van der Waals surface area contributed by atoms with Crippen LogP contribution in [-0.2, 0) is 23.9 Å². The van der Waals surface area contributed by atoms with Crippen LogP contribution < -0.4 is 0 Å². The molecule has 0 bridgehead atoms. The minimum atomic E-state index is -0.465. The first-order valence-electron chi connectivity index (χ1n) is 7.91. The average Bonchev–Trinajstić information content (AvgIpc) is 3.14. The fourth-order valence-corrected chi connectivity index (χ4v) is 4.19. The second-order valence-corrected chi connectivity index (χ2v) is 7.25. The summed E-state index contributed by atoms with van der Waals surface area (Å²) in [5, 5.41) is 9.42. The summed E-state index contributed by atoms with van der Waals surface area (Å²) in [5.74, 6) is -0.773. The van der Waals surface area contributed by atoms with E-state index in [1.54, 1.807) is 0 Å². The Kier molecular flexibility index (Phi) is 13.8. The minimum Gasteiger partial charge on any atom is -0.469 e. The first-order valence-corrected chi connectivity index (χ1v) is 8.79. The zero-order valence-corrected chi connectivity index (χ0v) is 14.8. The lowest BCUT2D eigenvalue weighted by Gasteiger charge is -2.14. The number of esters is 2. The number of aliphatic hydroxyl groups is 1. The van der Waals surface area contributed by atoms with Crippen LogP contribution >= 0.6 is 11.8 Å². The van der Waals surface area contributed by atoms with Crippen molar-refractivity contribution in [1.82, 2.24) is 0 Å². The Hall–Kier alpha value is -1.08. The molecule has 2 rings (SSSR count). The normalized spacial score (nSPS) is 27.0. The van der Waals surface area contributed by atoms with Crippen molar-refractivity contribution in [3.63, 3.8) is 0 Å². The summed E-state index contributed by atoms with van der Waals surface area (Å²) in [7, 11) is 2.75. The van der Waals surface area contributed by atoms with Crippen molar-refractivity contribution in [3.8, 4) is 0 Å². The number of thioether (sulfide) groups is 1. The van der Waals surface area contributed by atoms with Gasteiger partial charge in [0.2, 0.25) is 0 Å². The first-order chi connectivity index (χ1) is 10.9. The molecule has 0 spiro atoms. The summed E-state index contributed by atoms with van der Waals surface area (Å²) in [4.78, 5) is 33.0. The molecule has 6 nitrogen and oxygen atoms in total. The summed E-state index contributed by atoms with van der Waals surface area (Å²) in [6.07, 6.45) is 4.80. The Morgan fingerprint density at radius 1 is 0.880 bits per heavy atom. The third-order valence-electron chi connectivity index (χ3n) is 4.26. The van der Waals surface area contributed by atoms with Gasteiger partial charge in [0.1, 0.15) is 0 Å². The van der Waals surface area contributed by atoms with Crippen molar-refractivity contribution >= 4 is 28.8 Å². The van der Waals surface area contributed by atoms with E-state index in [1.807, 2.05) is 0 Å². The quantitative estimate of drug-likeness (QED) is 0.754. The number of carbonyl (C=O) groups is 3. The van der Waals surface area contributed by atoms with Gasteiger partial charge in [0.25, 0.3) is 0 Å². The molecule has 0 aromatic heterocycles. The van der Waals surface area contributed by atoms with Gasteiger partial charge in [-0.15, -0.1) is 0 Å². The first kappa shape index (κ1) is 26.2. The molecule has 2 aliphatic carbocycles. The molecule has 0 saturated heterocycles. The molecule has 2 saturated carbocycles. The van der Waals surface area contributed by atoms with Crippen LogP contribution in [0.2, 0.25) is 0 Å². The van der Waals surface area contributed by atoms with Gasteiger partial charge in [-0.3, -0.25) is 14.4 Å². The fourth-order valence-electron chi connectivity index (χ4n) is 3.07. The van der Waals surface area contributed by atoms with Crippen molar-refractivity contribution in [2.24, 2.45) is 11.8 Å². The van der Waals surface area contributed by atoms with Crippen LogP contribution in [0.3, 0.4) is 0 Å². The maximum atomic E-state index is 11.3. The summed E-state index contributed by atoms with van der Waals surface area (Å²) in [6, 6.07) is 0. The highest BCUT2D eigenvalue weighted by molar-refractivity contribution is 8.14. The number of rotatable bonds is 3. The van der Waals surface area contributed by atoms with Gasteiger partial charge < -0.3 is 14.6 Å². The Labute approximate surface area is 156 Å². The Morgan fingerprint density at radius 3 is 1.80 bits per heavy atom. The van der Waals surface area contributed by atoms with E-state index < -0.39 is 6.10 Å². The van der Waals surface area contributed by atoms with Crippen molar-refractivity contribution < 1.29 is 29.0 Å². The van der Waals surface area contributed by atoms with E-state index in [-0.39, 0.29) is 49.0 Å². The number of aliphatic hydroxyl groups excluding tert-OH is 1. The van der Waals surface area contributed by atoms with Crippen molar-refractivity contribution in [3.05, 3.63) is 0 Å². The number of hydrogen-bond acceptors (Lipinski definition) is 7. The lowest BCUT2D eigenvalue weighted by atomic mass is 10.1. The standard InChI is InChI=1S/C9H14O3S.C7H12O3.2CH4/c1-6(10)13-8-5-3-4-7(8)9(11)12-2;1-10-7(9)5-3-2-4-6(5)8;;/h7-8H,3-5H2,1-2H3;5-6,8H,2-4H2,1H3;2*1H4/t7-,8+;5-,6-;;/m00../s1. The summed E-state index contributed by atoms with van der Waals surface area (Å²) < 4.78 is 9.19. The van der Waals surface area contributed by atoms with Crippen LogP contribution in [0.5, 0.6) is 0 Å². The van der Waals surface area contributed by atoms with Gasteiger partial charge in [-0.2, -0.15) is 0 Å². The third kappa shape index (κ3) is 8.23. The lowest BCUT2D eigenvalue weighted by molar-refractivity contribution is -0.148. The topological polar surface area (TPSA) is 89.9 Å². The number of methoxy groups -OCH3 is 2. The molecular formula is C18H34O6S. The molecule has 148 valence electrons. The molecule has 2 fully saturated rings. The zero-order valence-electron chi connectivity index (χ0n) is 13.9. The van der Waals surface area contributed by atoms with Gasteiger partial charge in [0.15, 0.2) is 5.12 Å². The predicted molar refractivity (Wildman–Crippen MR) is 100 cm³/mol. The monoisotopic (exact) mass is 378 g/mol. The average molecular weight is 379 g/mol. The van der Waals surface area contributed by atoms with Crippen LogP contribution in [-0.4, -0.2) is 47.7 Å². The van der Waals surface area contributed by atoms with Gasteiger partial charge >= 0.3 is 11.9 Å². The van der Waals surface area contributed by atoms with E-state index >= 15 is 0 Å². The maximum absolute atomic E-state index is 11.3. The molecule has 0 aromatic carbocycles. The summed E-state index contributed by atoms with van der Waals surface area (Å²) in [6.45, 7) is 1.54. The fraction of sp³-hybridized carbons (Fsp3) is 0.833. The molecule has 0 radical (unpaired) electrons.